The third kappa shape index (κ3) is 2.66. The molecule has 2 N–H and O–H groups in total. The van der Waals surface area contributed by atoms with Crippen LogP contribution in [0.15, 0.2) is 18.2 Å². The van der Waals surface area contributed by atoms with Crippen molar-refractivity contribution in [1.82, 2.24) is 4.90 Å². The third-order valence-electron chi connectivity index (χ3n) is 4.47. The largest absolute Gasteiger partial charge is 0.369 e. The van der Waals surface area contributed by atoms with E-state index < -0.39 is 0 Å². The molecule has 0 spiro atoms. The van der Waals surface area contributed by atoms with Gasteiger partial charge in [0.1, 0.15) is 0 Å². The second-order valence-electron chi connectivity index (χ2n) is 5.86. The van der Waals surface area contributed by atoms with Crippen LogP contribution in [-0.4, -0.2) is 23.9 Å². The Labute approximate surface area is 114 Å². The highest BCUT2D eigenvalue weighted by molar-refractivity contribution is 5.82. The van der Waals surface area contributed by atoms with E-state index in [1.54, 1.807) is 0 Å². The fourth-order valence-electron chi connectivity index (χ4n) is 3.46. The van der Waals surface area contributed by atoms with Gasteiger partial charge in [-0.25, -0.2) is 0 Å². The molecule has 1 fully saturated rings. The van der Waals surface area contributed by atoms with Gasteiger partial charge in [-0.2, -0.15) is 0 Å². The van der Waals surface area contributed by atoms with Gasteiger partial charge in [0.25, 0.3) is 0 Å². The molecule has 3 nitrogen and oxygen atoms in total. The van der Waals surface area contributed by atoms with Crippen LogP contribution >= 0.6 is 0 Å². The molecular weight excluding hydrogens is 236 g/mol. The number of hydrogen-bond donors (Lipinski definition) is 1. The summed E-state index contributed by atoms with van der Waals surface area (Å²) >= 11 is 0. The predicted molar refractivity (Wildman–Crippen MR) is 75.8 cm³/mol. The summed E-state index contributed by atoms with van der Waals surface area (Å²) < 4.78 is 0. The van der Waals surface area contributed by atoms with Gasteiger partial charge in [0.2, 0.25) is 5.91 Å². The zero-order chi connectivity index (χ0) is 13.2. The summed E-state index contributed by atoms with van der Waals surface area (Å²) in [6.07, 6.45) is 5.73. The number of hydrogen-bond acceptors (Lipinski definition) is 2. The summed E-state index contributed by atoms with van der Waals surface area (Å²) in [5, 5.41) is 0. The number of rotatable bonds is 3. The van der Waals surface area contributed by atoms with Crippen molar-refractivity contribution in [2.45, 2.75) is 44.6 Å². The van der Waals surface area contributed by atoms with E-state index in [1.807, 2.05) is 0 Å². The van der Waals surface area contributed by atoms with Crippen LogP contribution in [0.3, 0.4) is 0 Å². The Morgan fingerprint density at radius 1 is 1.26 bits per heavy atom. The minimum Gasteiger partial charge on any atom is -0.369 e. The van der Waals surface area contributed by atoms with Crippen LogP contribution in [-0.2, 0) is 17.8 Å². The fourth-order valence-corrected chi connectivity index (χ4v) is 3.46. The molecule has 2 aliphatic rings. The maximum atomic E-state index is 11.5. The standard InChI is InChI=1S/C16H22N2O/c17-16(19)15-5-3-4-13-10-12(6-7-14(13)15)11-18-8-1-2-9-18/h6-7,10,15H,1-5,8-9,11H2,(H2,17,19). The minimum atomic E-state index is -0.173. The van der Waals surface area contributed by atoms with Crippen LogP contribution in [0.25, 0.3) is 0 Å². The molecule has 3 heteroatoms. The second kappa shape index (κ2) is 5.33. The van der Waals surface area contributed by atoms with E-state index in [1.165, 1.54) is 42.6 Å². The van der Waals surface area contributed by atoms with Crippen molar-refractivity contribution in [2.75, 3.05) is 13.1 Å². The van der Waals surface area contributed by atoms with Crippen LogP contribution in [0.1, 0.15) is 48.3 Å². The highest BCUT2D eigenvalue weighted by atomic mass is 16.1. The first-order chi connectivity index (χ1) is 9.24. The molecule has 1 heterocycles. The first-order valence-corrected chi connectivity index (χ1v) is 7.37. The van der Waals surface area contributed by atoms with E-state index in [0.717, 1.165) is 25.8 Å². The third-order valence-corrected chi connectivity index (χ3v) is 4.47. The quantitative estimate of drug-likeness (QED) is 0.903. The first kappa shape index (κ1) is 12.7. The van der Waals surface area contributed by atoms with E-state index in [9.17, 15) is 4.79 Å². The molecule has 0 aromatic heterocycles. The zero-order valence-electron chi connectivity index (χ0n) is 11.4. The Hall–Kier alpha value is -1.35. The lowest BCUT2D eigenvalue weighted by molar-refractivity contribution is -0.119. The molecule has 0 radical (unpaired) electrons. The molecule has 1 saturated heterocycles. The molecule has 1 aromatic rings. The number of carbonyl (C=O) groups is 1. The number of primary amides is 1. The van der Waals surface area contributed by atoms with Crippen LogP contribution in [0.5, 0.6) is 0 Å². The Balaban J connectivity index is 1.80. The van der Waals surface area contributed by atoms with Gasteiger partial charge in [0.05, 0.1) is 5.92 Å². The maximum Gasteiger partial charge on any atom is 0.224 e. The van der Waals surface area contributed by atoms with E-state index in [-0.39, 0.29) is 11.8 Å². The highest BCUT2D eigenvalue weighted by Crippen LogP contribution is 2.32. The van der Waals surface area contributed by atoms with Gasteiger partial charge in [0, 0.05) is 6.54 Å². The number of nitrogens with two attached hydrogens (primary N) is 1. The summed E-state index contributed by atoms with van der Waals surface area (Å²) in [7, 11) is 0. The molecule has 1 unspecified atom stereocenters. The van der Waals surface area contributed by atoms with Crippen molar-refractivity contribution >= 4 is 5.91 Å². The number of carbonyl (C=O) groups excluding carboxylic acids is 1. The second-order valence-corrected chi connectivity index (χ2v) is 5.86. The van der Waals surface area contributed by atoms with Crippen molar-refractivity contribution in [1.29, 1.82) is 0 Å². The molecule has 3 rings (SSSR count). The Kier molecular flexibility index (Phi) is 3.56. The van der Waals surface area contributed by atoms with Crippen LogP contribution < -0.4 is 5.73 Å². The highest BCUT2D eigenvalue weighted by Gasteiger charge is 2.24. The topological polar surface area (TPSA) is 46.3 Å². The van der Waals surface area contributed by atoms with Gasteiger partial charge in [-0.3, -0.25) is 9.69 Å². The Morgan fingerprint density at radius 2 is 2.05 bits per heavy atom. The van der Waals surface area contributed by atoms with Gasteiger partial charge in [-0.15, -0.1) is 0 Å². The summed E-state index contributed by atoms with van der Waals surface area (Å²) in [5.74, 6) is -0.238. The van der Waals surface area contributed by atoms with E-state index in [2.05, 4.69) is 23.1 Å². The van der Waals surface area contributed by atoms with Gasteiger partial charge >= 0.3 is 0 Å². The maximum absolute atomic E-state index is 11.5. The molecule has 1 amide bonds. The smallest absolute Gasteiger partial charge is 0.224 e. The van der Waals surface area contributed by atoms with Gasteiger partial charge in [-0.05, 0) is 61.9 Å². The Bertz CT molecular complexity index is 478. The van der Waals surface area contributed by atoms with Crippen LogP contribution in [0, 0.1) is 0 Å². The van der Waals surface area contributed by atoms with Gasteiger partial charge in [-0.1, -0.05) is 18.2 Å². The average Bonchev–Trinajstić information content (AvgIpc) is 2.90. The molecule has 1 aliphatic carbocycles. The lowest BCUT2D eigenvalue weighted by Gasteiger charge is -2.24. The molecular formula is C16H22N2O. The van der Waals surface area contributed by atoms with Crippen LogP contribution in [0.2, 0.25) is 0 Å². The first-order valence-electron chi connectivity index (χ1n) is 7.37. The van der Waals surface area contributed by atoms with Gasteiger partial charge < -0.3 is 5.73 Å². The van der Waals surface area contributed by atoms with Crippen molar-refractivity contribution in [2.24, 2.45) is 5.73 Å². The van der Waals surface area contributed by atoms with Crippen molar-refractivity contribution < 1.29 is 4.79 Å². The Morgan fingerprint density at radius 3 is 2.79 bits per heavy atom. The number of nitrogens with zero attached hydrogens (tertiary/aromatic N) is 1. The fraction of sp³-hybridized carbons (Fsp3) is 0.562. The summed E-state index contributed by atoms with van der Waals surface area (Å²) in [4.78, 5) is 14.0. The van der Waals surface area contributed by atoms with Crippen LogP contribution in [0.4, 0.5) is 0 Å². The van der Waals surface area contributed by atoms with Gasteiger partial charge in [0.15, 0.2) is 0 Å². The van der Waals surface area contributed by atoms with Crippen molar-refractivity contribution in [3.8, 4) is 0 Å². The van der Waals surface area contributed by atoms with E-state index in [0.29, 0.717) is 0 Å². The number of benzene rings is 1. The normalized spacial score (nSPS) is 23.3. The minimum absolute atomic E-state index is 0.0652. The number of likely N-dealkylation sites (tertiary alicyclic amines) is 1. The van der Waals surface area contributed by atoms with E-state index >= 15 is 0 Å². The summed E-state index contributed by atoms with van der Waals surface area (Å²) in [5.41, 5.74) is 9.40. The number of aryl methyl sites for hydroxylation is 1. The molecule has 102 valence electrons. The number of fused-ring (bicyclic) bond motifs is 1. The molecule has 0 bridgehead atoms. The molecule has 1 aromatic carbocycles. The lowest BCUT2D eigenvalue weighted by Crippen LogP contribution is -2.25. The SMILES string of the molecule is NC(=O)C1CCCc2cc(CN3CCCC3)ccc21. The summed E-state index contributed by atoms with van der Waals surface area (Å²) in [6.45, 7) is 3.50. The molecule has 19 heavy (non-hydrogen) atoms. The summed E-state index contributed by atoms with van der Waals surface area (Å²) in [6, 6.07) is 6.61. The average molecular weight is 258 g/mol. The molecule has 1 atom stereocenters. The molecule has 0 saturated carbocycles. The van der Waals surface area contributed by atoms with E-state index in [4.69, 9.17) is 5.73 Å². The molecule has 1 aliphatic heterocycles. The van der Waals surface area contributed by atoms with Crippen molar-refractivity contribution in [3.63, 3.8) is 0 Å². The zero-order valence-corrected chi connectivity index (χ0v) is 11.4. The van der Waals surface area contributed by atoms with Crippen molar-refractivity contribution in [3.05, 3.63) is 34.9 Å². The monoisotopic (exact) mass is 258 g/mol. The predicted octanol–water partition coefficient (Wildman–Crippen LogP) is 2.19. The lowest BCUT2D eigenvalue weighted by atomic mass is 9.81. The number of amides is 1.